The summed E-state index contributed by atoms with van der Waals surface area (Å²) in [6.07, 6.45) is 4.94. The lowest BCUT2D eigenvalue weighted by molar-refractivity contribution is -0.146. The Morgan fingerprint density at radius 2 is 1.90 bits per heavy atom. The molecule has 0 aromatic heterocycles. The van der Waals surface area contributed by atoms with Crippen molar-refractivity contribution in [3.8, 4) is 0 Å². The van der Waals surface area contributed by atoms with E-state index in [4.69, 9.17) is 10.5 Å². The summed E-state index contributed by atoms with van der Waals surface area (Å²) in [6, 6.07) is -0.120. The van der Waals surface area contributed by atoms with Crippen LogP contribution in [0.2, 0.25) is 0 Å². The minimum atomic E-state index is -3.52. The molecule has 2 rings (SSSR count). The maximum atomic E-state index is 12.4. The van der Waals surface area contributed by atoms with Crippen molar-refractivity contribution >= 4 is 28.4 Å². The van der Waals surface area contributed by atoms with E-state index in [1.165, 1.54) is 7.11 Å². The minimum absolute atomic E-state index is 0. The third kappa shape index (κ3) is 4.81. The van der Waals surface area contributed by atoms with Crippen molar-refractivity contribution in [1.29, 1.82) is 0 Å². The van der Waals surface area contributed by atoms with Crippen LogP contribution >= 0.6 is 12.4 Å². The van der Waals surface area contributed by atoms with Crippen LogP contribution in [-0.2, 0) is 19.6 Å². The van der Waals surface area contributed by atoms with E-state index in [0.717, 1.165) is 25.7 Å². The Kier molecular flexibility index (Phi) is 6.90. The quantitative estimate of drug-likeness (QED) is 0.697. The minimum Gasteiger partial charge on any atom is -0.469 e. The predicted octanol–water partition coefficient (Wildman–Crippen LogP) is 0.797. The van der Waals surface area contributed by atoms with Gasteiger partial charge in [0.05, 0.1) is 18.3 Å². The average Bonchev–Trinajstić information content (AvgIpc) is 3.28. The molecule has 0 heterocycles. The third-order valence-corrected chi connectivity index (χ3v) is 6.28. The van der Waals surface area contributed by atoms with Crippen LogP contribution < -0.4 is 10.5 Å². The summed E-state index contributed by atoms with van der Waals surface area (Å²) in [5.41, 5.74) is 5.92. The second-order valence-corrected chi connectivity index (χ2v) is 7.83. The monoisotopic (exact) mass is 340 g/mol. The van der Waals surface area contributed by atoms with Gasteiger partial charge in [-0.1, -0.05) is 12.8 Å². The van der Waals surface area contributed by atoms with E-state index in [-0.39, 0.29) is 25.0 Å². The number of rotatable bonds is 6. The standard InChI is InChI=1S/C13H24N2O4S.ClH/c1-19-13(16)10-4-2-3-5-12(10)20(17,18)15-8-11(14)9-6-7-9;/h9-12,15H,2-8,14H2,1H3;1H. The molecule has 2 aliphatic rings. The van der Waals surface area contributed by atoms with Gasteiger partial charge in [0.1, 0.15) is 0 Å². The first kappa shape index (κ1) is 18.7. The topological polar surface area (TPSA) is 98.5 Å². The smallest absolute Gasteiger partial charge is 0.310 e. The highest BCUT2D eigenvalue weighted by Crippen LogP contribution is 2.32. The van der Waals surface area contributed by atoms with Gasteiger partial charge in [0, 0.05) is 12.6 Å². The SMILES string of the molecule is COC(=O)C1CCCCC1S(=O)(=O)NCC(N)C1CC1.Cl. The lowest BCUT2D eigenvalue weighted by atomic mass is 9.89. The number of nitrogens with two attached hydrogens (primary N) is 1. The molecule has 0 amide bonds. The Bertz CT molecular complexity index is 453. The van der Waals surface area contributed by atoms with Gasteiger partial charge in [-0.3, -0.25) is 4.79 Å². The van der Waals surface area contributed by atoms with Crippen molar-refractivity contribution in [3.05, 3.63) is 0 Å². The lowest BCUT2D eigenvalue weighted by Crippen LogP contribution is -2.47. The summed E-state index contributed by atoms with van der Waals surface area (Å²) in [4.78, 5) is 11.7. The molecule has 2 saturated carbocycles. The molecule has 0 spiro atoms. The van der Waals surface area contributed by atoms with Crippen molar-refractivity contribution in [2.75, 3.05) is 13.7 Å². The van der Waals surface area contributed by atoms with Crippen LogP contribution in [0.25, 0.3) is 0 Å². The Morgan fingerprint density at radius 3 is 2.48 bits per heavy atom. The number of halogens is 1. The maximum absolute atomic E-state index is 12.4. The Labute approximate surface area is 132 Å². The van der Waals surface area contributed by atoms with Crippen molar-refractivity contribution in [2.24, 2.45) is 17.6 Å². The molecule has 0 radical (unpaired) electrons. The zero-order valence-electron chi connectivity index (χ0n) is 12.3. The van der Waals surface area contributed by atoms with Crippen LogP contribution in [0.15, 0.2) is 0 Å². The predicted molar refractivity (Wildman–Crippen MR) is 82.6 cm³/mol. The number of carbonyl (C=O) groups excluding carboxylic acids is 1. The molecule has 0 aliphatic heterocycles. The van der Waals surface area contributed by atoms with Crippen LogP contribution in [-0.4, -0.2) is 39.3 Å². The largest absolute Gasteiger partial charge is 0.469 e. The third-order valence-electron chi connectivity index (χ3n) is 4.35. The molecular formula is C13H25ClN2O4S. The first-order valence-electron chi connectivity index (χ1n) is 7.27. The number of hydrogen-bond acceptors (Lipinski definition) is 5. The molecule has 3 N–H and O–H groups in total. The molecule has 2 fully saturated rings. The molecule has 8 heteroatoms. The first-order chi connectivity index (χ1) is 9.45. The van der Waals surface area contributed by atoms with Gasteiger partial charge in [-0.25, -0.2) is 13.1 Å². The molecule has 0 aromatic rings. The number of hydrogen-bond donors (Lipinski definition) is 2. The van der Waals surface area contributed by atoms with Gasteiger partial charge in [0.2, 0.25) is 10.0 Å². The molecule has 2 aliphatic carbocycles. The molecule has 0 saturated heterocycles. The van der Waals surface area contributed by atoms with E-state index < -0.39 is 27.2 Å². The van der Waals surface area contributed by atoms with Crippen LogP contribution in [0.5, 0.6) is 0 Å². The summed E-state index contributed by atoms with van der Waals surface area (Å²) in [6.45, 7) is 0.261. The van der Waals surface area contributed by atoms with E-state index >= 15 is 0 Å². The van der Waals surface area contributed by atoms with Gasteiger partial charge in [0.25, 0.3) is 0 Å². The first-order valence-corrected chi connectivity index (χ1v) is 8.82. The van der Waals surface area contributed by atoms with Crippen LogP contribution in [0.4, 0.5) is 0 Å². The summed E-state index contributed by atoms with van der Waals surface area (Å²) < 4.78 is 32.1. The van der Waals surface area contributed by atoms with Gasteiger partial charge < -0.3 is 10.5 Å². The summed E-state index contributed by atoms with van der Waals surface area (Å²) in [7, 11) is -2.22. The molecule has 21 heavy (non-hydrogen) atoms. The van der Waals surface area contributed by atoms with Gasteiger partial charge in [-0.05, 0) is 31.6 Å². The van der Waals surface area contributed by atoms with Gasteiger partial charge in [0.15, 0.2) is 0 Å². The number of ether oxygens (including phenoxy) is 1. The Balaban J connectivity index is 0.00000220. The number of methoxy groups -OCH3 is 1. The van der Waals surface area contributed by atoms with Gasteiger partial charge in [-0.2, -0.15) is 0 Å². The van der Waals surface area contributed by atoms with E-state index in [2.05, 4.69) is 4.72 Å². The van der Waals surface area contributed by atoms with E-state index in [1.54, 1.807) is 0 Å². The highest BCUT2D eigenvalue weighted by molar-refractivity contribution is 7.90. The molecule has 0 bridgehead atoms. The fourth-order valence-corrected chi connectivity index (χ4v) is 4.70. The lowest BCUT2D eigenvalue weighted by Gasteiger charge is -2.29. The fourth-order valence-electron chi connectivity index (χ4n) is 2.90. The fraction of sp³-hybridized carbons (Fsp3) is 0.923. The average molecular weight is 341 g/mol. The number of carbonyl (C=O) groups is 1. The number of nitrogens with one attached hydrogen (secondary N) is 1. The zero-order valence-corrected chi connectivity index (χ0v) is 13.9. The van der Waals surface area contributed by atoms with E-state index in [0.29, 0.717) is 18.8 Å². The van der Waals surface area contributed by atoms with Crippen LogP contribution in [0.3, 0.4) is 0 Å². The van der Waals surface area contributed by atoms with Gasteiger partial charge >= 0.3 is 5.97 Å². The second-order valence-electron chi connectivity index (χ2n) is 5.85. The summed E-state index contributed by atoms with van der Waals surface area (Å²) in [5, 5.41) is -0.685. The van der Waals surface area contributed by atoms with Crippen molar-refractivity contribution < 1.29 is 17.9 Å². The van der Waals surface area contributed by atoms with E-state index in [1.807, 2.05) is 0 Å². The summed E-state index contributed by atoms with van der Waals surface area (Å²) in [5.74, 6) is -0.532. The van der Waals surface area contributed by atoms with Crippen molar-refractivity contribution in [2.45, 2.75) is 49.8 Å². The maximum Gasteiger partial charge on any atom is 0.310 e. The summed E-state index contributed by atoms with van der Waals surface area (Å²) >= 11 is 0. The van der Waals surface area contributed by atoms with Gasteiger partial charge in [-0.15, -0.1) is 12.4 Å². The normalized spacial score (nSPS) is 27.5. The highest BCUT2D eigenvalue weighted by atomic mass is 35.5. The molecule has 0 aromatic carbocycles. The van der Waals surface area contributed by atoms with Crippen LogP contribution in [0.1, 0.15) is 38.5 Å². The molecule has 3 atom stereocenters. The Hall–Kier alpha value is -0.370. The van der Waals surface area contributed by atoms with Crippen molar-refractivity contribution in [1.82, 2.24) is 4.72 Å². The van der Waals surface area contributed by atoms with Crippen molar-refractivity contribution in [3.63, 3.8) is 0 Å². The molecular weight excluding hydrogens is 316 g/mol. The Morgan fingerprint density at radius 1 is 1.29 bits per heavy atom. The van der Waals surface area contributed by atoms with E-state index in [9.17, 15) is 13.2 Å². The molecule has 3 unspecified atom stereocenters. The second kappa shape index (κ2) is 7.76. The van der Waals surface area contributed by atoms with Crippen LogP contribution in [0, 0.1) is 11.8 Å². The molecule has 124 valence electrons. The molecule has 6 nitrogen and oxygen atoms in total. The zero-order chi connectivity index (χ0) is 14.8. The number of esters is 1. The highest BCUT2D eigenvalue weighted by Gasteiger charge is 2.40. The number of sulfonamides is 1.